The van der Waals surface area contributed by atoms with Crippen molar-refractivity contribution in [2.75, 3.05) is 6.54 Å². The topological polar surface area (TPSA) is 40.5 Å². The second-order valence-electron chi connectivity index (χ2n) is 3.70. The van der Waals surface area contributed by atoms with E-state index in [1.54, 1.807) is 4.31 Å². The Morgan fingerprint density at radius 3 is 2.40 bits per heavy atom. The predicted molar refractivity (Wildman–Crippen MR) is 62.8 cm³/mol. The van der Waals surface area contributed by atoms with Crippen LogP contribution < -0.4 is 0 Å². The molecule has 3 nitrogen and oxygen atoms in total. The van der Waals surface area contributed by atoms with Crippen LogP contribution in [0.5, 0.6) is 0 Å². The summed E-state index contributed by atoms with van der Waals surface area (Å²) in [6, 6.07) is 10.1. The number of hydrogen-bond acceptors (Lipinski definition) is 1. The van der Waals surface area contributed by atoms with E-state index >= 15 is 0 Å². The van der Waals surface area contributed by atoms with Gasteiger partial charge in [0.25, 0.3) is 0 Å². The van der Waals surface area contributed by atoms with E-state index in [1.807, 2.05) is 44.2 Å². The zero-order chi connectivity index (χ0) is 11.3. The van der Waals surface area contributed by atoms with Gasteiger partial charge in [-0.25, -0.2) is 4.21 Å². The smallest absolute Gasteiger partial charge is 0.234 e. The van der Waals surface area contributed by atoms with Gasteiger partial charge in [0.05, 0.1) is 0 Å². The van der Waals surface area contributed by atoms with Gasteiger partial charge in [-0.1, -0.05) is 30.3 Å². The van der Waals surface area contributed by atoms with Crippen LogP contribution in [0, 0.1) is 0 Å². The number of benzene rings is 1. The summed E-state index contributed by atoms with van der Waals surface area (Å²) in [5, 5.41) is 0. The minimum atomic E-state index is -1.87. The Kier molecular flexibility index (Phi) is 4.94. The quantitative estimate of drug-likeness (QED) is 0.782. The zero-order valence-electron chi connectivity index (χ0n) is 9.09. The van der Waals surface area contributed by atoms with E-state index in [0.717, 1.165) is 6.42 Å². The molecule has 0 amide bonds. The van der Waals surface area contributed by atoms with Crippen molar-refractivity contribution in [1.29, 1.82) is 0 Å². The van der Waals surface area contributed by atoms with Crippen molar-refractivity contribution < 1.29 is 8.76 Å². The van der Waals surface area contributed by atoms with Gasteiger partial charge in [0.15, 0.2) is 0 Å². The van der Waals surface area contributed by atoms with Crippen molar-refractivity contribution in [2.45, 2.75) is 26.3 Å². The van der Waals surface area contributed by atoms with Crippen LogP contribution in [0.2, 0.25) is 0 Å². The summed E-state index contributed by atoms with van der Waals surface area (Å²) >= 11 is -1.87. The maximum absolute atomic E-state index is 11.0. The summed E-state index contributed by atoms with van der Waals surface area (Å²) < 4.78 is 21.6. The van der Waals surface area contributed by atoms with Crippen molar-refractivity contribution >= 4 is 11.3 Å². The standard InChI is InChI=1S/C11H17NO2S/c1-10(2)12(15(13)14)9-8-11-6-4-3-5-7-11/h3-7,10H,8-9H2,1-2H3,(H,13,14). The van der Waals surface area contributed by atoms with E-state index in [4.69, 9.17) is 4.55 Å². The van der Waals surface area contributed by atoms with Gasteiger partial charge in [-0.05, 0) is 25.8 Å². The number of rotatable bonds is 5. The Bertz CT molecular complexity index is 314. The molecule has 1 atom stereocenters. The lowest BCUT2D eigenvalue weighted by molar-refractivity contribution is 0.347. The van der Waals surface area contributed by atoms with Gasteiger partial charge in [0.1, 0.15) is 0 Å². The molecule has 15 heavy (non-hydrogen) atoms. The first-order valence-electron chi connectivity index (χ1n) is 5.03. The number of nitrogens with zero attached hydrogens (tertiary/aromatic N) is 1. The Morgan fingerprint density at radius 2 is 1.93 bits per heavy atom. The largest absolute Gasteiger partial charge is 0.294 e. The van der Waals surface area contributed by atoms with Crippen LogP contribution >= 0.6 is 0 Å². The van der Waals surface area contributed by atoms with E-state index in [0.29, 0.717) is 6.54 Å². The van der Waals surface area contributed by atoms with E-state index in [-0.39, 0.29) is 6.04 Å². The van der Waals surface area contributed by atoms with Crippen LogP contribution in [-0.2, 0) is 17.7 Å². The highest BCUT2D eigenvalue weighted by Crippen LogP contribution is 2.05. The molecule has 0 heterocycles. The second kappa shape index (κ2) is 6.00. The number of hydrogen-bond donors (Lipinski definition) is 1. The summed E-state index contributed by atoms with van der Waals surface area (Å²) in [6.45, 7) is 4.43. The van der Waals surface area contributed by atoms with Crippen molar-refractivity contribution in [3.63, 3.8) is 0 Å². The molecule has 1 unspecified atom stereocenters. The third kappa shape index (κ3) is 4.11. The lowest BCUT2D eigenvalue weighted by Gasteiger charge is -2.21. The van der Waals surface area contributed by atoms with Gasteiger partial charge in [0.2, 0.25) is 11.3 Å². The third-order valence-corrected chi connectivity index (χ3v) is 3.25. The van der Waals surface area contributed by atoms with Gasteiger partial charge >= 0.3 is 0 Å². The predicted octanol–water partition coefficient (Wildman–Crippen LogP) is 2.08. The van der Waals surface area contributed by atoms with Gasteiger partial charge < -0.3 is 0 Å². The third-order valence-electron chi connectivity index (χ3n) is 2.24. The first kappa shape index (κ1) is 12.4. The van der Waals surface area contributed by atoms with Crippen LogP contribution in [0.3, 0.4) is 0 Å². The van der Waals surface area contributed by atoms with Crippen LogP contribution in [0.15, 0.2) is 30.3 Å². The average molecular weight is 227 g/mol. The van der Waals surface area contributed by atoms with Crippen LogP contribution in [-0.4, -0.2) is 25.7 Å². The molecule has 0 aliphatic carbocycles. The molecule has 0 spiro atoms. The van der Waals surface area contributed by atoms with Crippen LogP contribution in [0.25, 0.3) is 0 Å². The lowest BCUT2D eigenvalue weighted by atomic mass is 10.1. The summed E-state index contributed by atoms with van der Waals surface area (Å²) in [4.78, 5) is 0. The Morgan fingerprint density at radius 1 is 1.33 bits per heavy atom. The van der Waals surface area contributed by atoms with Gasteiger partial charge in [-0.15, -0.1) is 0 Å². The fourth-order valence-electron chi connectivity index (χ4n) is 1.40. The van der Waals surface area contributed by atoms with Crippen molar-refractivity contribution in [1.82, 2.24) is 4.31 Å². The summed E-state index contributed by atoms with van der Waals surface area (Å²) in [5.41, 5.74) is 1.19. The van der Waals surface area contributed by atoms with Crippen LogP contribution in [0.4, 0.5) is 0 Å². The molecular formula is C11H17NO2S. The van der Waals surface area contributed by atoms with E-state index in [1.165, 1.54) is 5.56 Å². The molecule has 0 aromatic heterocycles. The minimum Gasteiger partial charge on any atom is -0.294 e. The Hall–Kier alpha value is -0.710. The van der Waals surface area contributed by atoms with Gasteiger partial charge in [0, 0.05) is 12.6 Å². The molecule has 0 aliphatic heterocycles. The maximum Gasteiger partial charge on any atom is 0.234 e. The first-order valence-corrected chi connectivity index (χ1v) is 6.09. The molecule has 0 saturated carbocycles. The van der Waals surface area contributed by atoms with Crippen molar-refractivity contribution in [3.05, 3.63) is 35.9 Å². The summed E-state index contributed by atoms with van der Waals surface area (Å²) in [6.07, 6.45) is 0.797. The van der Waals surface area contributed by atoms with E-state index in [9.17, 15) is 4.21 Å². The van der Waals surface area contributed by atoms with Crippen molar-refractivity contribution in [3.8, 4) is 0 Å². The second-order valence-corrected chi connectivity index (χ2v) is 4.63. The van der Waals surface area contributed by atoms with Crippen LogP contribution in [0.1, 0.15) is 19.4 Å². The molecule has 0 fully saturated rings. The summed E-state index contributed by atoms with van der Waals surface area (Å²) in [7, 11) is 0. The zero-order valence-corrected chi connectivity index (χ0v) is 9.91. The van der Waals surface area contributed by atoms with E-state index in [2.05, 4.69) is 0 Å². The monoisotopic (exact) mass is 227 g/mol. The molecule has 1 N–H and O–H groups in total. The molecule has 0 saturated heterocycles. The molecule has 1 aromatic rings. The maximum atomic E-state index is 11.0. The summed E-state index contributed by atoms with van der Waals surface area (Å²) in [5.74, 6) is 0. The molecule has 1 aromatic carbocycles. The van der Waals surface area contributed by atoms with E-state index < -0.39 is 11.3 Å². The highest BCUT2D eigenvalue weighted by atomic mass is 32.2. The van der Waals surface area contributed by atoms with Gasteiger partial charge in [-0.2, -0.15) is 4.31 Å². The molecule has 84 valence electrons. The van der Waals surface area contributed by atoms with Gasteiger partial charge in [-0.3, -0.25) is 4.55 Å². The Labute approximate surface area is 93.5 Å². The molecule has 4 heteroatoms. The highest BCUT2D eigenvalue weighted by Gasteiger charge is 2.14. The average Bonchev–Trinajstić information content (AvgIpc) is 2.18. The normalized spacial score (nSPS) is 13.4. The Balaban J connectivity index is 2.51. The fraction of sp³-hybridized carbons (Fsp3) is 0.455. The minimum absolute atomic E-state index is 0.0829. The lowest BCUT2D eigenvalue weighted by Crippen LogP contribution is -2.34. The fourth-order valence-corrected chi connectivity index (χ4v) is 2.01. The molecule has 0 bridgehead atoms. The SMILES string of the molecule is CC(C)N(CCc1ccccc1)S(=O)O. The molecule has 1 rings (SSSR count). The van der Waals surface area contributed by atoms with Crippen molar-refractivity contribution in [2.24, 2.45) is 0 Å². The highest BCUT2D eigenvalue weighted by molar-refractivity contribution is 7.76. The first-order chi connectivity index (χ1) is 7.11. The molecule has 0 aliphatic rings. The molecular weight excluding hydrogens is 210 g/mol. The molecule has 0 radical (unpaired) electrons.